The Kier molecular flexibility index (Phi) is 6.86. The van der Waals surface area contributed by atoms with Gasteiger partial charge in [0.15, 0.2) is 5.82 Å². The summed E-state index contributed by atoms with van der Waals surface area (Å²) in [6.45, 7) is 3.95. The van der Waals surface area contributed by atoms with Crippen LogP contribution in [-0.2, 0) is 11.3 Å². The second-order valence-electron chi connectivity index (χ2n) is 10.5. The molecule has 2 atom stereocenters. The Labute approximate surface area is 235 Å². The average Bonchev–Trinajstić information content (AvgIpc) is 3.49. The molecular formula is C27H31ClN8O2S. The van der Waals surface area contributed by atoms with Crippen LogP contribution >= 0.6 is 23.4 Å². The largest absolute Gasteiger partial charge is 0.381 e. The molecule has 1 saturated heterocycles. The number of aromatic nitrogens is 4. The number of piperidine rings is 1. The summed E-state index contributed by atoms with van der Waals surface area (Å²) in [5.74, 6) is 1.07. The Morgan fingerprint density at radius 2 is 2.08 bits per heavy atom. The second kappa shape index (κ2) is 10.2. The van der Waals surface area contributed by atoms with Gasteiger partial charge in [0.25, 0.3) is 5.56 Å². The van der Waals surface area contributed by atoms with E-state index < -0.39 is 0 Å². The van der Waals surface area contributed by atoms with Gasteiger partial charge in [-0.25, -0.2) is 15.0 Å². The molecule has 0 bridgehead atoms. The number of halogens is 1. The zero-order chi connectivity index (χ0) is 27.3. The van der Waals surface area contributed by atoms with Gasteiger partial charge in [0.05, 0.1) is 52.8 Å². The predicted octanol–water partition coefficient (Wildman–Crippen LogP) is 3.65. The number of ether oxygens (including phenoxy) is 1. The van der Waals surface area contributed by atoms with E-state index in [0.717, 1.165) is 50.3 Å². The van der Waals surface area contributed by atoms with Crippen molar-refractivity contribution in [3.8, 4) is 0 Å². The summed E-state index contributed by atoms with van der Waals surface area (Å²) in [4.78, 5) is 34.3. The minimum Gasteiger partial charge on any atom is -0.381 e. The third kappa shape index (κ3) is 4.61. The lowest BCUT2D eigenvalue weighted by atomic mass is 9.72. The maximum atomic E-state index is 13.2. The fraction of sp³-hybridized carbons (Fsp3) is 0.444. The van der Waals surface area contributed by atoms with E-state index in [9.17, 15) is 4.79 Å². The van der Waals surface area contributed by atoms with E-state index in [1.165, 1.54) is 28.2 Å². The first-order valence-corrected chi connectivity index (χ1v) is 14.2. The lowest BCUT2D eigenvalue weighted by Gasteiger charge is -2.43. The highest BCUT2D eigenvalue weighted by Gasteiger charge is 2.48. The highest BCUT2D eigenvalue weighted by molar-refractivity contribution is 7.99. The first-order valence-electron chi connectivity index (χ1n) is 13.1. The maximum absolute atomic E-state index is 13.2. The summed E-state index contributed by atoms with van der Waals surface area (Å²) in [6.07, 6.45) is 9.06. The van der Waals surface area contributed by atoms with Crippen LogP contribution in [0.25, 0.3) is 10.9 Å². The van der Waals surface area contributed by atoms with Crippen molar-refractivity contribution in [1.82, 2.24) is 19.5 Å². The normalized spacial score (nSPS) is 20.8. The molecule has 1 spiro atoms. The van der Waals surface area contributed by atoms with Crippen LogP contribution in [0.1, 0.15) is 32.6 Å². The van der Waals surface area contributed by atoms with Gasteiger partial charge in [0.1, 0.15) is 10.8 Å². The van der Waals surface area contributed by atoms with Gasteiger partial charge in [-0.3, -0.25) is 14.4 Å². The molecule has 3 aliphatic rings. The highest BCUT2D eigenvalue weighted by atomic mass is 35.5. The van der Waals surface area contributed by atoms with Crippen LogP contribution in [0.3, 0.4) is 0 Å². The monoisotopic (exact) mass is 566 g/mol. The van der Waals surface area contributed by atoms with Gasteiger partial charge in [-0.05, 0) is 49.3 Å². The van der Waals surface area contributed by atoms with Gasteiger partial charge in [-0.1, -0.05) is 23.4 Å². The number of methoxy groups -OCH3 is 1. The van der Waals surface area contributed by atoms with E-state index in [-0.39, 0.29) is 23.1 Å². The summed E-state index contributed by atoms with van der Waals surface area (Å²) in [5, 5.41) is 1.20. The number of nitrogen functional groups attached to an aromatic ring is 1. The lowest BCUT2D eigenvalue weighted by molar-refractivity contribution is 0.102. The van der Waals surface area contributed by atoms with Gasteiger partial charge >= 0.3 is 0 Å². The zero-order valence-corrected chi connectivity index (χ0v) is 23.5. The predicted molar refractivity (Wildman–Crippen MR) is 155 cm³/mol. The van der Waals surface area contributed by atoms with E-state index in [0.29, 0.717) is 38.2 Å². The molecule has 1 fully saturated rings. The van der Waals surface area contributed by atoms with Crippen molar-refractivity contribution in [3.05, 3.63) is 51.3 Å². The minimum atomic E-state index is -0.220. The molecule has 3 aromatic rings. The molecule has 2 aliphatic heterocycles. The summed E-state index contributed by atoms with van der Waals surface area (Å²) < 4.78 is 6.81. The smallest absolute Gasteiger partial charge is 0.262 e. The molecule has 39 heavy (non-hydrogen) atoms. The van der Waals surface area contributed by atoms with Gasteiger partial charge in [-0.15, -0.1) is 0 Å². The Morgan fingerprint density at radius 1 is 1.28 bits per heavy atom. The maximum Gasteiger partial charge on any atom is 0.262 e. The SMILES string of the molecule is COC(C)Cn1cnc2ccc(Sc3ncc(N4CCC5(CC4)CC4=C(N=CC4)[C@H]5N)nc3N)c(Cl)c2c1=O. The van der Waals surface area contributed by atoms with Crippen molar-refractivity contribution in [2.75, 3.05) is 30.8 Å². The van der Waals surface area contributed by atoms with Gasteiger partial charge in [0, 0.05) is 37.7 Å². The first kappa shape index (κ1) is 26.2. The number of rotatable bonds is 6. The van der Waals surface area contributed by atoms with Gasteiger partial charge < -0.3 is 21.1 Å². The van der Waals surface area contributed by atoms with Crippen molar-refractivity contribution < 1.29 is 4.74 Å². The molecule has 12 heteroatoms. The third-order valence-electron chi connectivity index (χ3n) is 8.24. The van der Waals surface area contributed by atoms with E-state index in [4.69, 9.17) is 27.8 Å². The van der Waals surface area contributed by atoms with Crippen LogP contribution in [0.15, 0.2) is 55.6 Å². The average molecular weight is 567 g/mol. The van der Waals surface area contributed by atoms with Crippen LogP contribution in [0.5, 0.6) is 0 Å². The molecule has 6 rings (SSSR count). The molecule has 0 radical (unpaired) electrons. The van der Waals surface area contributed by atoms with E-state index in [1.54, 1.807) is 19.4 Å². The summed E-state index contributed by atoms with van der Waals surface area (Å²) in [6, 6.07) is 3.61. The molecule has 0 saturated carbocycles. The van der Waals surface area contributed by atoms with Crippen LogP contribution in [0, 0.1) is 5.41 Å². The highest BCUT2D eigenvalue weighted by Crippen LogP contribution is 2.51. The van der Waals surface area contributed by atoms with Gasteiger partial charge in [0.2, 0.25) is 0 Å². The molecule has 0 amide bonds. The number of hydrogen-bond donors (Lipinski definition) is 2. The Hall–Kier alpha value is -2.99. The van der Waals surface area contributed by atoms with Crippen LogP contribution in [0.4, 0.5) is 11.6 Å². The summed E-state index contributed by atoms with van der Waals surface area (Å²) in [7, 11) is 1.60. The molecule has 4 N–H and O–H groups in total. The van der Waals surface area contributed by atoms with Crippen molar-refractivity contribution >= 4 is 52.1 Å². The Morgan fingerprint density at radius 3 is 2.79 bits per heavy atom. The van der Waals surface area contributed by atoms with Crippen molar-refractivity contribution in [2.45, 2.75) is 61.2 Å². The number of nitrogens with two attached hydrogens (primary N) is 2. The number of anilines is 2. The van der Waals surface area contributed by atoms with Crippen LogP contribution < -0.4 is 21.9 Å². The molecule has 10 nitrogen and oxygen atoms in total. The van der Waals surface area contributed by atoms with Crippen molar-refractivity contribution in [3.63, 3.8) is 0 Å². The van der Waals surface area contributed by atoms with Crippen molar-refractivity contribution in [1.29, 1.82) is 0 Å². The lowest BCUT2D eigenvalue weighted by Crippen LogP contribution is -2.48. The number of benzene rings is 1. The van der Waals surface area contributed by atoms with E-state index in [1.807, 2.05) is 19.2 Å². The zero-order valence-electron chi connectivity index (χ0n) is 21.9. The number of aliphatic imine (C=N–C) groups is 1. The fourth-order valence-corrected chi connectivity index (χ4v) is 7.02. The Bertz CT molecular complexity index is 1560. The van der Waals surface area contributed by atoms with Gasteiger partial charge in [-0.2, -0.15) is 0 Å². The Balaban J connectivity index is 1.19. The molecule has 1 aromatic carbocycles. The standard InChI is InChI=1S/C27H31ClN8O2S/c1-15(38-2)13-36-14-33-17-3-4-18(21(28)20(17)26(36)37)39-25-24(30)34-19(12-32-25)35-9-6-27(7-10-35)11-16-5-8-31-22(16)23(27)29/h3-4,8,12,14-15,23H,5-7,9-11,13,29H2,1-2H3,(H2,30,34)/t15?,23-/m1/s1. The molecule has 4 heterocycles. The first-order chi connectivity index (χ1) is 18.8. The summed E-state index contributed by atoms with van der Waals surface area (Å²) >= 11 is 8.01. The third-order valence-corrected chi connectivity index (χ3v) is 9.82. The topological polar surface area (TPSA) is 138 Å². The fourth-order valence-electron chi connectivity index (χ4n) is 5.87. The number of allylic oxidation sites excluding steroid dienone is 1. The number of nitrogens with zero attached hydrogens (tertiary/aromatic N) is 6. The quantitative estimate of drug-likeness (QED) is 0.458. The van der Waals surface area contributed by atoms with Crippen LogP contribution in [0.2, 0.25) is 5.02 Å². The van der Waals surface area contributed by atoms with Crippen LogP contribution in [-0.4, -0.2) is 58.1 Å². The molecule has 204 valence electrons. The molecule has 2 aromatic heterocycles. The summed E-state index contributed by atoms with van der Waals surface area (Å²) in [5.41, 5.74) is 15.9. The van der Waals surface area contributed by atoms with E-state index >= 15 is 0 Å². The second-order valence-corrected chi connectivity index (χ2v) is 12.0. The molecular weight excluding hydrogens is 536 g/mol. The molecule has 1 aliphatic carbocycles. The molecule has 1 unspecified atom stereocenters. The minimum absolute atomic E-state index is 0.0118. The number of fused-ring (bicyclic) bond motifs is 1. The number of hydrogen-bond acceptors (Lipinski definition) is 10. The van der Waals surface area contributed by atoms with E-state index in [2.05, 4.69) is 24.8 Å². The van der Waals surface area contributed by atoms with Crippen molar-refractivity contribution in [2.24, 2.45) is 16.1 Å².